The van der Waals surface area contributed by atoms with Crippen molar-refractivity contribution in [1.82, 2.24) is 19.9 Å². The van der Waals surface area contributed by atoms with E-state index in [1.54, 1.807) is 17.2 Å². The summed E-state index contributed by atoms with van der Waals surface area (Å²) >= 11 is 3.23. The number of nitrogens with zero attached hydrogens (tertiary/aromatic N) is 3. The second kappa shape index (κ2) is 8.69. The van der Waals surface area contributed by atoms with Gasteiger partial charge in [0.2, 0.25) is 5.95 Å². The quantitative estimate of drug-likeness (QED) is 0.482. The zero-order valence-corrected chi connectivity index (χ0v) is 20.2. The number of rotatable bonds is 3. The number of fused-ring (bicyclic) bond motifs is 1. The molecule has 1 fully saturated rings. The minimum Gasteiger partial charge on any atom is -0.444 e. The number of hydrogen-bond acceptors (Lipinski definition) is 5. The maximum absolute atomic E-state index is 14.2. The van der Waals surface area contributed by atoms with Crippen LogP contribution in [0.5, 0.6) is 0 Å². The number of amides is 1. The number of likely N-dealkylation sites (tertiary alicyclic amines) is 1. The van der Waals surface area contributed by atoms with Crippen molar-refractivity contribution in [2.75, 3.05) is 18.4 Å². The Kier molecular flexibility index (Phi) is 6.11. The standard InChI is InChI=1S/C23H27BrFN5O2/c1-13-10-27-21(28-14-6-5-7-30(12-14)22(31)32-23(2,3)4)29-20(13)16-11-26-19-9-17(24)18(25)8-15(16)19/h8-11,14,26H,5-7,12H2,1-4H3,(H,27,28,29)/t14-/m0/s1. The lowest BCUT2D eigenvalue weighted by molar-refractivity contribution is 0.0206. The summed E-state index contributed by atoms with van der Waals surface area (Å²) in [5.74, 6) is 0.154. The molecule has 0 unspecified atom stereocenters. The normalized spacial score (nSPS) is 16.9. The fourth-order valence-electron chi connectivity index (χ4n) is 3.87. The van der Waals surface area contributed by atoms with Crippen molar-refractivity contribution in [3.63, 3.8) is 0 Å². The van der Waals surface area contributed by atoms with Gasteiger partial charge >= 0.3 is 6.09 Å². The molecule has 1 aliphatic rings. The summed E-state index contributed by atoms with van der Waals surface area (Å²) in [6, 6.07) is 3.24. The van der Waals surface area contributed by atoms with Crippen LogP contribution >= 0.6 is 15.9 Å². The molecule has 1 saturated heterocycles. The molecule has 1 aromatic carbocycles. The van der Waals surface area contributed by atoms with Gasteiger partial charge in [0.25, 0.3) is 0 Å². The fourth-order valence-corrected chi connectivity index (χ4v) is 4.21. The first-order chi connectivity index (χ1) is 15.1. The van der Waals surface area contributed by atoms with Crippen LogP contribution in [0, 0.1) is 12.7 Å². The van der Waals surface area contributed by atoms with Crippen LogP contribution in [0.2, 0.25) is 0 Å². The molecular formula is C23H27BrFN5O2. The number of carbonyl (C=O) groups excluding carboxylic acids is 1. The zero-order valence-electron chi connectivity index (χ0n) is 18.6. The number of H-pyrrole nitrogens is 1. The Morgan fingerprint density at radius 3 is 2.91 bits per heavy atom. The van der Waals surface area contributed by atoms with Gasteiger partial charge in [-0.25, -0.2) is 19.2 Å². The summed E-state index contributed by atoms with van der Waals surface area (Å²) in [7, 11) is 0. The monoisotopic (exact) mass is 503 g/mol. The minimum atomic E-state index is -0.527. The second-order valence-corrected chi connectivity index (χ2v) is 10.0. The van der Waals surface area contributed by atoms with E-state index in [2.05, 4.69) is 31.2 Å². The summed E-state index contributed by atoms with van der Waals surface area (Å²) < 4.78 is 20.1. The molecule has 0 bridgehead atoms. The molecule has 0 aliphatic carbocycles. The van der Waals surface area contributed by atoms with Crippen molar-refractivity contribution in [1.29, 1.82) is 0 Å². The predicted molar refractivity (Wildman–Crippen MR) is 126 cm³/mol. The summed E-state index contributed by atoms with van der Waals surface area (Å²) in [4.78, 5) is 26.5. The molecule has 2 aromatic heterocycles. The SMILES string of the molecule is Cc1cnc(N[C@H]2CCCN(C(=O)OC(C)(C)C)C2)nc1-c1c[nH]c2cc(Br)c(F)cc12. The summed E-state index contributed by atoms with van der Waals surface area (Å²) in [5, 5.41) is 4.12. The number of halogens is 2. The second-order valence-electron chi connectivity index (χ2n) is 9.15. The van der Waals surface area contributed by atoms with Crippen LogP contribution in [-0.2, 0) is 4.74 Å². The van der Waals surface area contributed by atoms with Gasteiger partial charge in [0.15, 0.2) is 0 Å². The minimum absolute atomic E-state index is 0.0168. The molecular weight excluding hydrogens is 477 g/mol. The lowest BCUT2D eigenvalue weighted by Crippen LogP contribution is -2.47. The number of ether oxygens (including phenoxy) is 1. The van der Waals surface area contributed by atoms with Gasteiger partial charge in [-0.1, -0.05) is 0 Å². The summed E-state index contributed by atoms with van der Waals surface area (Å²) in [5.41, 5.74) is 2.73. The third-order valence-electron chi connectivity index (χ3n) is 5.36. The first-order valence-corrected chi connectivity index (χ1v) is 11.4. The Bertz CT molecular complexity index is 1160. The van der Waals surface area contributed by atoms with E-state index in [1.807, 2.05) is 33.9 Å². The van der Waals surface area contributed by atoms with Crippen LogP contribution in [0.3, 0.4) is 0 Å². The molecule has 4 rings (SSSR count). The maximum Gasteiger partial charge on any atom is 0.410 e. The average molecular weight is 504 g/mol. The van der Waals surface area contributed by atoms with Crippen LogP contribution < -0.4 is 5.32 Å². The molecule has 1 atom stereocenters. The van der Waals surface area contributed by atoms with E-state index in [1.165, 1.54) is 6.07 Å². The van der Waals surface area contributed by atoms with E-state index >= 15 is 0 Å². The molecule has 3 aromatic rings. The molecule has 0 radical (unpaired) electrons. The molecule has 9 heteroatoms. The van der Waals surface area contributed by atoms with Crippen LogP contribution in [0.1, 0.15) is 39.2 Å². The van der Waals surface area contributed by atoms with E-state index in [0.29, 0.717) is 23.5 Å². The zero-order chi connectivity index (χ0) is 23.0. The van der Waals surface area contributed by atoms with E-state index in [4.69, 9.17) is 9.72 Å². The first kappa shape index (κ1) is 22.5. The fraction of sp³-hybridized carbons (Fsp3) is 0.435. The van der Waals surface area contributed by atoms with Crippen LogP contribution in [0.25, 0.3) is 22.2 Å². The Morgan fingerprint density at radius 1 is 1.38 bits per heavy atom. The molecule has 0 spiro atoms. The van der Waals surface area contributed by atoms with E-state index in [-0.39, 0.29) is 18.0 Å². The van der Waals surface area contributed by atoms with Crippen molar-refractivity contribution in [3.05, 3.63) is 40.4 Å². The molecule has 1 aliphatic heterocycles. The molecule has 7 nitrogen and oxygen atoms in total. The third kappa shape index (κ3) is 4.87. The number of carbonyl (C=O) groups is 1. The Labute approximate surface area is 194 Å². The number of hydrogen-bond donors (Lipinski definition) is 2. The number of aryl methyl sites for hydroxylation is 1. The first-order valence-electron chi connectivity index (χ1n) is 10.7. The summed E-state index contributed by atoms with van der Waals surface area (Å²) in [6.45, 7) is 8.71. The van der Waals surface area contributed by atoms with Gasteiger partial charge in [0, 0.05) is 48.0 Å². The number of piperidine rings is 1. The van der Waals surface area contributed by atoms with Crippen molar-refractivity contribution >= 4 is 38.9 Å². The molecule has 1 amide bonds. The highest BCUT2D eigenvalue weighted by molar-refractivity contribution is 9.10. The molecule has 170 valence electrons. The van der Waals surface area contributed by atoms with Gasteiger partial charge in [-0.05, 0) is 74.2 Å². The topological polar surface area (TPSA) is 83.1 Å². The number of benzene rings is 1. The van der Waals surface area contributed by atoms with Gasteiger partial charge in [0.05, 0.1) is 10.2 Å². The lowest BCUT2D eigenvalue weighted by Gasteiger charge is -2.34. The molecule has 2 N–H and O–H groups in total. The largest absolute Gasteiger partial charge is 0.444 e. The summed E-state index contributed by atoms with van der Waals surface area (Å²) in [6.07, 6.45) is 5.06. The maximum atomic E-state index is 14.2. The van der Waals surface area contributed by atoms with Gasteiger partial charge in [0.1, 0.15) is 11.4 Å². The van der Waals surface area contributed by atoms with Crippen molar-refractivity contribution in [2.45, 2.75) is 52.2 Å². The molecule has 3 heterocycles. The van der Waals surface area contributed by atoms with Crippen LogP contribution in [0.4, 0.5) is 15.1 Å². The van der Waals surface area contributed by atoms with Crippen LogP contribution in [-0.4, -0.2) is 50.7 Å². The van der Waals surface area contributed by atoms with E-state index < -0.39 is 5.60 Å². The van der Waals surface area contributed by atoms with Crippen molar-refractivity contribution in [2.24, 2.45) is 0 Å². The average Bonchev–Trinajstić information content (AvgIpc) is 3.11. The van der Waals surface area contributed by atoms with Gasteiger partial charge in [-0.3, -0.25) is 0 Å². The van der Waals surface area contributed by atoms with Gasteiger partial charge in [-0.2, -0.15) is 0 Å². The van der Waals surface area contributed by atoms with E-state index in [9.17, 15) is 9.18 Å². The van der Waals surface area contributed by atoms with Crippen molar-refractivity contribution < 1.29 is 13.9 Å². The highest BCUT2D eigenvalue weighted by atomic mass is 79.9. The highest BCUT2D eigenvalue weighted by Crippen LogP contribution is 2.33. The third-order valence-corrected chi connectivity index (χ3v) is 5.96. The smallest absolute Gasteiger partial charge is 0.410 e. The number of aromatic amines is 1. The van der Waals surface area contributed by atoms with Crippen LogP contribution in [0.15, 0.2) is 29.0 Å². The molecule has 0 saturated carbocycles. The Hall–Kier alpha value is -2.68. The van der Waals surface area contributed by atoms with Crippen molar-refractivity contribution in [3.8, 4) is 11.3 Å². The lowest BCUT2D eigenvalue weighted by atomic mass is 10.1. The predicted octanol–water partition coefficient (Wildman–Crippen LogP) is 5.65. The number of aromatic nitrogens is 3. The molecule has 32 heavy (non-hydrogen) atoms. The number of anilines is 1. The Balaban J connectivity index is 1.55. The van der Waals surface area contributed by atoms with Gasteiger partial charge < -0.3 is 19.9 Å². The van der Waals surface area contributed by atoms with E-state index in [0.717, 1.165) is 40.6 Å². The number of nitrogens with one attached hydrogen (secondary N) is 2. The Morgan fingerprint density at radius 2 is 2.16 bits per heavy atom. The van der Waals surface area contributed by atoms with Gasteiger partial charge in [-0.15, -0.1) is 0 Å². The highest BCUT2D eigenvalue weighted by Gasteiger charge is 2.28.